The van der Waals surface area contributed by atoms with Crippen LogP contribution in [0.3, 0.4) is 0 Å². The number of amides is 1. The van der Waals surface area contributed by atoms with Crippen LogP contribution >= 0.6 is 0 Å². The molecule has 0 spiro atoms. The summed E-state index contributed by atoms with van der Waals surface area (Å²) in [7, 11) is 0. The molecular formula is C17H17F2NO2. The summed E-state index contributed by atoms with van der Waals surface area (Å²) in [5.41, 5.74) is -0.892. The van der Waals surface area contributed by atoms with Crippen LogP contribution in [-0.4, -0.2) is 17.6 Å². The van der Waals surface area contributed by atoms with Gasteiger partial charge in [0.1, 0.15) is 17.2 Å². The molecule has 116 valence electrons. The van der Waals surface area contributed by atoms with Crippen LogP contribution in [0.5, 0.6) is 0 Å². The predicted octanol–water partition coefficient (Wildman–Crippen LogP) is 2.53. The summed E-state index contributed by atoms with van der Waals surface area (Å²) < 4.78 is 27.0. The van der Waals surface area contributed by atoms with Gasteiger partial charge in [0.15, 0.2) is 0 Å². The summed E-state index contributed by atoms with van der Waals surface area (Å²) in [6.07, 6.45) is -0.413. The summed E-state index contributed by atoms with van der Waals surface area (Å²) in [5, 5.41) is 12.8. The van der Waals surface area contributed by atoms with Crippen LogP contribution in [0.4, 0.5) is 8.78 Å². The predicted molar refractivity (Wildman–Crippen MR) is 79.1 cm³/mol. The monoisotopic (exact) mass is 305 g/mol. The van der Waals surface area contributed by atoms with Gasteiger partial charge in [0.05, 0.1) is 13.0 Å². The number of benzene rings is 2. The second-order valence-electron chi connectivity index (χ2n) is 5.29. The highest BCUT2D eigenvalue weighted by molar-refractivity contribution is 5.78. The van der Waals surface area contributed by atoms with Gasteiger partial charge in [-0.3, -0.25) is 4.79 Å². The van der Waals surface area contributed by atoms with Crippen LogP contribution in [0, 0.1) is 11.6 Å². The Balaban J connectivity index is 1.99. The molecule has 2 aromatic rings. The topological polar surface area (TPSA) is 49.3 Å². The Morgan fingerprint density at radius 1 is 1.09 bits per heavy atom. The van der Waals surface area contributed by atoms with Crippen molar-refractivity contribution in [3.8, 4) is 0 Å². The standard InChI is InChI=1S/C17H17F2NO2/c1-17(22,12-6-3-2-4-7-12)11-20-16(21)10-13-14(18)8-5-9-15(13)19/h2-9,22H,10-11H2,1H3,(H,20,21). The molecule has 0 heterocycles. The van der Waals surface area contributed by atoms with E-state index in [1.54, 1.807) is 31.2 Å². The summed E-state index contributed by atoms with van der Waals surface area (Å²) in [6.45, 7) is 1.51. The van der Waals surface area contributed by atoms with Gasteiger partial charge in [-0.2, -0.15) is 0 Å². The molecule has 0 aliphatic carbocycles. The van der Waals surface area contributed by atoms with E-state index in [4.69, 9.17) is 0 Å². The van der Waals surface area contributed by atoms with Crippen LogP contribution in [0.15, 0.2) is 48.5 Å². The Hall–Kier alpha value is -2.27. The van der Waals surface area contributed by atoms with E-state index in [2.05, 4.69) is 5.32 Å². The van der Waals surface area contributed by atoms with E-state index in [0.717, 1.165) is 12.1 Å². The van der Waals surface area contributed by atoms with Gasteiger partial charge >= 0.3 is 0 Å². The third-order valence-electron chi connectivity index (χ3n) is 3.42. The van der Waals surface area contributed by atoms with E-state index in [1.807, 2.05) is 6.07 Å². The zero-order valence-electron chi connectivity index (χ0n) is 12.1. The van der Waals surface area contributed by atoms with Crippen molar-refractivity contribution in [3.05, 3.63) is 71.3 Å². The molecule has 0 saturated carbocycles. The molecule has 1 atom stereocenters. The van der Waals surface area contributed by atoms with Gasteiger partial charge < -0.3 is 10.4 Å². The minimum atomic E-state index is -1.26. The van der Waals surface area contributed by atoms with Crippen LogP contribution in [0.1, 0.15) is 18.1 Å². The molecular weight excluding hydrogens is 288 g/mol. The zero-order chi connectivity index (χ0) is 16.2. The molecule has 0 radical (unpaired) electrons. The minimum Gasteiger partial charge on any atom is -0.384 e. The molecule has 1 unspecified atom stereocenters. The SMILES string of the molecule is CC(O)(CNC(=O)Cc1c(F)cccc1F)c1ccccc1. The van der Waals surface area contributed by atoms with Gasteiger partial charge in [-0.15, -0.1) is 0 Å². The number of carbonyl (C=O) groups excluding carboxylic acids is 1. The second kappa shape index (κ2) is 6.66. The average molecular weight is 305 g/mol. The molecule has 0 fully saturated rings. The molecule has 1 amide bonds. The highest BCUT2D eigenvalue weighted by atomic mass is 19.1. The molecule has 2 N–H and O–H groups in total. The Morgan fingerprint density at radius 3 is 2.27 bits per heavy atom. The number of halogens is 2. The Bertz CT molecular complexity index is 637. The van der Waals surface area contributed by atoms with E-state index < -0.39 is 29.6 Å². The highest BCUT2D eigenvalue weighted by Gasteiger charge is 2.24. The Labute approximate surface area is 127 Å². The maximum atomic E-state index is 13.5. The van der Waals surface area contributed by atoms with Crippen molar-refractivity contribution in [1.29, 1.82) is 0 Å². The lowest BCUT2D eigenvalue weighted by atomic mass is 9.96. The zero-order valence-corrected chi connectivity index (χ0v) is 12.1. The number of carbonyl (C=O) groups is 1. The number of hydrogen-bond acceptors (Lipinski definition) is 2. The van der Waals surface area contributed by atoms with Crippen LogP contribution < -0.4 is 5.32 Å². The van der Waals surface area contributed by atoms with Crippen molar-refractivity contribution in [1.82, 2.24) is 5.32 Å². The van der Waals surface area contributed by atoms with Gasteiger partial charge in [-0.25, -0.2) is 8.78 Å². The first-order chi connectivity index (χ1) is 10.4. The van der Waals surface area contributed by atoms with Gasteiger partial charge in [0.25, 0.3) is 0 Å². The Kier molecular flexibility index (Phi) is 4.88. The maximum Gasteiger partial charge on any atom is 0.224 e. The summed E-state index contributed by atoms with van der Waals surface area (Å²) in [4.78, 5) is 11.8. The fourth-order valence-electron chi connectivity index (χ4n) is 2.09. The van der Waals surface area contributed by atoms with Crippen molar-refractivity contribution < 1.29 is 18.7 Å². The molecule has 5 heteroatoms. The molecule has 22 heavy (non-hydrogen) atoms. The molecule has 0 aromatic heterocycles. The number of hydrogen-bond donors (Lipinski definition) is 2. The van der Waals surface area contributed by atoms with Crippen molar-refractivity contribution >= 4 is 5.91 Å². The fraction of sp³-hybridized carbons (Fsp3) is 0.235. The van der Waals surface area contributed by atoms with Gasteiger partial charge in [-0.1, -0.05) is 36.4 Å². The van der Waals surface area contributed by atoms with E-state index in [9.17, 15) is 18.7 Å². The van der Waals surface area contributed by atoms with Gasteiger partial charge in [0.2, 0.25) is 5.91 Å². The number of rotatable bonds is 5. The van der Waals surface area contributed by atoms with Crippen LogP contribution in [0.2, 0.25) is 0 Å². The molecule has 2 rings (SSSR count). The normalized spacial score (nSPS) is 13.5. The molecule has 0 bridgehead atoms. The third-order valence-corrected chi connectivity index (χ3v) is 3.42. The van der Waals surface area contributed by atoms with Crippen molar-refractivity contribution in [2.45, 2.75) is 18.9 Å². The molecule has 0 aliphatic rings. The van der Waals surface area contributed by atoms with E-state index in [-0.39, 0.29) is 12.1 Å². The summed E-state index contributed by atoms with van der Waals surface area (Å²) >= 11 is 0. The number of aliphatic hydroxyl groups is 1. The summed E-state index contributed by atoms with van der Waals surface area (Å²) in [5.74, 6) is -2.07. The smallest absolute Gasteiger partial charge is 0.224 e. The lowest BCUT2D eigenvalue weighted by molar-refractivity contribution is -0.121. The lowest BCUT2D eigenvalue weighted by Crippen LogP contribution is -2.39. The van der Waals surface area contributed by atoms with E-state index in [0.29, 0.717) is 5.56 Å². The van der Waals surface area contributed by atoms with Crippen molar-refractivity contribution in [2.24, 2.45) is 0 Å². The van der Waals surface area contributed by atoms with E-state index in [1.165, 1.54) is 6.07 Å². The quantitative estimate of drug-likeness (QED) is 0.892. The average Bonchev–Trinajstić information content (AvgIpc) is 2.50. The first-order valence-corrected chi connectivity index (χ1v) is 6.87. The van der Waals surface area contributed by atoms with Crippen molar-refractivity contribution in [2.75, 3.05) is 6.54 Å². The van der Waals surface area contributed by atoms with Crippen molar-refractivity contribution in [3.63, 3.8) is 0 Å². The van der Waals surface area contributed by atoms with Crippen LogP contribution in [0.25, 0.3) is 0 Å². The third kappa shape index (κ3) is 3.89. The minimum absolute atomic E-state index is 0.0497. The van der Waals surface area contributed by atoms with Crippen LogP contribution in [-0.2, 0) is 16.8 Å². The molecule has 2 aromatic carbocycles. The van der Waals surface area contributed by atoms with Gasteiger partial charge in [0, 0.05) is 5.56 Å². The first-order valence-electron chi connectivity index (χ1n) is 6.87. The highest BCUT2D eigenvalue weighted by Crippen LogP contribution is 2.19. The molecule has 0 saturated heterocycles. The lowest BCUT2D eigenvalue weighted by Gasteiger charge is -2.24. The fourth-order valence-corrected chi connectivity index (χ4v) is 2.09. The Morgan fingerprint density at radius 2 is 1.68 bits per heavy atom. The van der Waals surface area contributed by atoms with E-state index >= 15 is 0 Å². The summed E-state index contributed by atoms with van der Waals surface area (Å²) in [6, 6.07) is 12.3. The van der Waals surface area contributed by atoms with Gasteiger partial charge in [-0.05, 0) is 24.6 Å². The maximum absolute atomic E-state index is 13.5. The first kappa shape index (κ1) is 16.1. The molecule has 3 nitrogen and oxygen atoms in total. The number of nitrogens with one attached hydrogen (secondary N) is 1. The second-order valence-corrected chi connectivity index (χ2v) is 5.29. The molecule has 0 aliphatic heterocycles. The largest absolute Gasteiger partial charge is 0.384 e.